The van der Waals surface area contributed by atoms with E-state index in [1.807, 2.05) is 6.07 Å². The van der Waals surface area contributed by atoms with E-state index in [1.54, 1.807) is 0 Å². The Bertz CT molecular complexity index is 526. The van der Waals surface area contributed by atoms with Gasteiger partial charge in [0.25, 0.3) is 0 Å². The van der Waals surface area contributed by atoms with Crippen LogP contribution < -0.4 is 5.73 Å². The number of anilines is 1. The fourth-order valence-electron chi connectivity index (χ4n) is 2.33. The van der Waals surface area contributed by atoms with Crippen LogP contribution in [0.4, 0.5) is 5.82 Å². The van der Waals surface area contributed by atoms with Gasteiger partial charge in [-0.2, -0.15) is 0 Å². The van der Waals surface area contributed by atoms with Crippen LogP contribution in [0.2, 0.25) is 0 Å². The number of hydrogen-bond donors (Lipinski definition) is 1. The molecule has 102 valence electrons. The second-order valence-corrected chi connectivity index (χ2v) is 5.28. The standard InChI is InChI=1S/C16H23N3/c1-4-8-14-15(17)19(16(18-14)12(2)3)11-13-9-6-5-7-10-13/h5-7,9-10,12H,4,8,11,17H2,1-3H3. The quantitative estimate of drug-likeness (QED) is 0.889. The van der Waals surface area contributed by atoms with Crippen LogP contribution in [0, 0.1) is 0 Å². The van der Waals surface area contributed by atoms with Crippen molar-refractivity contribution in [2.24, 2.45) is 0 Å². The summed E-state index contributed by atoms with van der Waals surface area (Å²) < 4.78 is 2.16. The molecule has 0 spiro atoms. The number of nitrogens with zero attached hydrogens (tertiary/aromatic N) is 2. The maximum atomic E-state index is 6.28. The summed E-state index contributed by atoms with van der Waals surface area (Å²) in [4.78, 5) is 4.73. The minimum atomic E-state index is 0.386. The van der Waals surface area contributed by atoms with Crippen molar-refractivity contribution in [3.05, 3.63) is 47.4 Å². The summed E-state index contributed by atoms with van der Waals surface area (Å²) in [5.41, 5.74) is 8.58. The summed E-state index contributed by atoms with van der Waals surface area (Å²) >= 11 is 0. The summed E-state index contributed by atoms with van der Waals surface area (Å²) in [6.07, 6.45) is 2.03. The van der Waals surface area contributed by atoms with Crippen molar-refractivity contribution in [3.63, 3.8) is 0 Å². The highest BCUT2D eigenvalue weighted by Crippen LogP contribution is 2.23. The second-order valence-electron chi connectivity index (χ2n) is 5.28. The number of benzene rings is 1. The van der Waals surface area contributed by atoms with Crippen LogP contribution in [-0.4, -0.2) is 9.55 Å². The van der Waals surface area contributed by atoms with Crippen LogP contribution in [0.25, 0.3) is 0 Å². The molecule has 0 unspecified atom stereocenters. The minimum Gasteiger partial charge on any atom is -0.384 e. The Morgan fingerprint density at radius 1 is 1.21 bits per heavy atom. The van der Waals surface area contributed by atoms with E-state index in [0.29, 0.717) is 5.92 Å². The topological polar surface area (TPSA) is 43.8 Å². The Hall–Kier alpha value is -1.77. The van der Waals surface area contributed by atoms with Crippen molar-refractivity contribution in [1.29, 1.82) is 0 Å². The third-order valence-electron chi connectivity index (χ3n) is 3.30. The van der Waals surface area contributed by atoms with E-state index >= 15 is 0 Å². The highest BCUT2D eigenvalue weighted by molar-refractivity contribution is 5.40. The number of imidazole rings is 1. The Balaban J connectivity index is 2.37. The molecule has 19 heavy (non-hydrogen) atoms. The molecule has 0 radical (unpaired) electrons. The third-order valence-corrected chi connectivity index (χ3v) is 3.30. The Labute approximate surface area is 115 Å². The van der Waals surface area contributed by atoms with Crippen molar-refractivity contribution in [2.75, 3.05) is 5.73 Å². The molecular formula is C16H23N3. The van der Waals surface area contributed by atoms with E-state index in [1.165, 1.54) is 5.56 Å². The van der Waals surface area contributed by atoms with Crippen LogP contribution in [-0.2, 0) is 13.0 Å². The lowest BCUT2D eigenvalue weighted by molar-refractivity contribution is 0.674. The molecule has 2 rings (SSSR count). The van der Waals surface area contributed by atoms with E-state index < -0.39 is 0 Å². The second kappa shape index (κ2) is 5.91. The summed E-state index contributed by atoms with van der Waals surface area (Å²) in [6, 6.07) is 10.4. The first-order valence-corrected chi connectivity index (χ1v) is 7.02. The first-order chi connectivity index (χ1) is 9.13. The van der Waals surface area contributed by atoms with Crippen LogP contribution in [0.1, 0.15) is 50.2 Å². The number of nitrogen functional groups attached to an aromatic ring is 1. The first-order valence-electron chi connectivity index (χ1n) is 7.02. The molecule has 0 saturated heterocycles. The number of aromatic nitrogens is 2. The predicted molar refractivity (Wildman–Crippen MR) is 80.3 cm³/mol. The lowest BCUT2D eigenvalue weighted by Gasteiger charge is -2.12. The van der Waals surface area contributed by atoms with Gasteiger partial charge >= 0.3 is 0 Å². The molecule has 1 aromatic carbocycles. The number of rotatable bonds is 5. The van der Waals surface area contributed by atoms with Gasteiger partial charge in [0.2, 0.25) is 0 Å². The summed E-state index contributed by atoms with van der Waals surface area (Å²) in [5.74, 6) is 2.30. The summed E-state index contributed by atoms with van der Waals surface area (Å²) in [6.45, 7) is 7.29. The van der Waals surface area contributed by atoms with Gasteiger partial charge in [0.15, 0.2) is 0 Å². The van der Waals surface area contributed by atoms with E-state index in [-0.39, 0.29) is 0 Å². The van der Waals surface area contributed by atoms with Gasteiger partial charge in [-0.15, -0.1) is 0 Å². The molecule has 2 N–H and O–H groups in total. The van der Waals surface area contributed by atoms with Crippen LogP contribution in [0.3, 0.4) is 0 Å². The largest absolute Gasteiger partial charge is 0.384 e. The minimum absolute atomic E-state index is 0.386. The number of aryl methyl sites for hydroxylation is 1. The van der Waals surface area contributed by atoms with Crippen molar-refractivity contribution in [2.45, 2.75) is 46.1 Å². The van der Waals surface area contributed by atoms with Gasteiger partial charge in [0.1, 0.15) is 11.6 Å². The Morgan fingerprint density at radius 2 is 1.89 bits per heavy atom. The summed E-state index contributed by atoms with van der Waals surface area (Å²) in [5, 5.41) is 0. The molecule has 1 aromatic heterocycles. The van der Waals surface area contributed by atoms with E-state index in [0.717, 1.165) is 36.7 Å². The molecular weight excluding hydrogens is 234 g/mol. The molecule has 0 aliphatic rings. The predicted octanol–water partition coefficient (Wildman–Crippen LogP) is 3.59. The van der Waals surface area contributed by atoms with Crippen LogP contribution >= 0.6 is 0 Å². The summed E-state index contributed by atoms with van der Waals surface area (Å²) in [7, 11) is 0. The van der Waals surface area contributed by atoms with E-state index in [4.69, 9.17) is 10.7 Å². The normalized spacial score (nSPS) is 11.2. The Kier molecular flexibility index (Phi) is 4.25. The molecule has 0 atom stereocenters. The molecule has 0 amide bonds. The molecule has 0 fully saturated rings. The molecule has 0 bridgehead atoms. The van der Waals surface area contributed by atoms with Crippen molar-refractivity contribution in [3.8, 4) is 0 Å². The Morgan fingerprint density at radius 3 is 2.47 bits per heavy atom. The SMILES string of the molecule is CCCc1nc(C(C)C)n(Cc2ccccc2)c1N. The van der Waals surface area contributed by atoms with Crippen molar-refractivity contribution >= 4 is 5.82 Å². The molecule has 0 aliphatic heterocycles. The molecule has 1 heterocycles. The van der Waals surface area contributed by atoms with E-state index in [9.17, 15) is 0 Å². The zero-order valence-electron chi connectivity index (χ0n) is 12.1. The van der Waals surface area contributed by atoms with Crippen LogP contribution in [0.5, 0.6) is 0 Å². The number of nitrogens with two attached hydrogens (primary N) is 1. The van der Waals surface area contributed by atoms with Gasteiger partial charge in [0.05, 0.1) is 12.2 Å². The van der Waals surface area contributed by atoms with Crippen molar-refractivity contribution in [1.82, 2.24) is 9.55 Å². The van der Waals surface area contributed by atoms with Gasteiger partial charge in [-0.05, 0) is 12.0 Å². The average molecular weight is 257 g/mol. The third kappa shape index (κ3) is 2.98. The van der Waals surface area contributed by atoms with Crippen molar-refractivity contribution < 1.29 is 0 Å². The monoisotopic (exact) mass is 257 g/mol. The molecule has 3 heteroatoms. The average Bonchev–Trinajstić information content (AvgIpc) is 2.70. The lowest BCUT2D eigenvalue weighted by Crippen LogP contribution is -2.09. The fourth-order valence-corrected chi connectivity index (χ4v) is 2.33. The zero-order chi connectivity index (χ0) is 13.8. The first kappa shape index (κ1) is 13.7. The maximum Gasteiger partial charge on any atom is 0.127 e. The smallest absolute Gasteiger partial charge is 0.127 e. The highest BCUT2D eigenvalue weighted by atomic mass is 15.1. The molecule has 0 aliphatic carbocycles. The molecule has 2 aromatic rings. The van der Waals surface area contributed by atoms with Gasteiger partial charge in [0, 0.05) is 5.92 Å². The van der Waals surface area contributed by atoms with E-state index in [2.05, 4.69) is 49.6 Å². The number of hydrogen-bond acceptors (Lipinski definition) is 2. The van der Waals surface area contributed by atoms with Crippen LogP contribution in [0.15, 0.2) is 30.3 Å². The zero-order valence-corrected chi connectivity index (χ0v) is 12.1. The maximum absolute atomic E-state index is 6.28. The molecule has 3 nitrogen and oxygen atoms in total. The van der Waals surface area contributed by atoms with Gasteiger partial charge in [-0.1, -0.05) is 57.5 Å². The van der Waals surface area contributed by atoms with Gasteiger partial charge < -0.3 is 10.3 Å². The fraction of sp³-hybridized carbons (Fsp3) is 0.438. The van der Waals surface area contributed by atoms with Gasteiger partial charge in [-0.3, -0.25) is 0 Å². The highest BCUT2D eigenvalue weighted by Gasteiger charge is 2.16. The molecule has 0 saturated carbocycles. The van der Waals surface area contributed by atoms with Gasteiger partial charge in [-0.25, -0.2) is 4.98 Å². The lowest BCUT2D eigenvalue weighted by atomic mass is 10.2.